The number of rotatable bonds is 18. The van der Waals surface area contributed by atoms with Crippen LogP contribution in [0.1, 0.15) is 0 Å². The van der Waals surface area contributed by atoms with E-state index in [4.69, 9.17) is 61.6 Å². The molecule has 37 nitrogen and oxygen atoms in total. The van der Waals surface area contributed by atoms with Crippen molar-refractivity contribution < 1.29 is 182 Å². The molecule has 0 aromatic rings. The maximum absolute atomic E-state index is 12.5. The minimum absolute atomic E-state index is 0.959. The highest BCUT2D eigenvalue weighted by Crippen LogP contribution is 2.37. The van der Waals surface area contributed by atoms with Crippen LogP contribution >= 0.6 is 0 Å². The minimum Gasteiger partial charge on any atom is -0.479 e. The molecule has 30 atom stereocenters. The van der Waals surface area contributed by atoms with Gasteiger partial charge in [0.05, 0.1) is 0 Å². The van der Waals surface area contributed by atoms with Crippen LogP contribution in [0.3, 0.4) is 0 Å². The second kappa shape index (κ2) is 24.2. The number of aliphatic carboxylic acids is 6. The van der Waals surface area contributed by atoms with Crippen LogP contribution in [0, 0.1) is 0 Å². The van der Waals surface area contributed by atoms with Crippen molar-refractivity contribution in [2.75, 3.05) is 14.2 Å². The Balaban J connectivity index is 1.13. The lowest BCUT2D eigenvalue weighted by atomic mass is 9.95. The number of aliphatic hydroxyl groups excluding tert-OH is 12. The maximum atomic E-state index is 12.5. The van der Waals surface area contributed by atoms with Crippen LogP contribution in [0.5, 0.6) is 0 Å². The summed E-state index contributed by atoms with van der Waals surface area (Å²) in [6, 6.07) is 0. The second-order valence-electron chi connectivity index (χ2n) is 17.4. The van der Waals surface area contributed by atoms with Gasteiger partial charge in [-0.05, 0) is 0 Å². The first-order chi connectivity index (χ1) is 35.1. The zero-order valence-electron chi connectivity index (χ0n) is 38.1. The van der Waals surface area contributed by atoms with E-state index in [2.05, 4.69) is 0 Å². The Bertz CT molecular complexity index is 2030. The Labute approximate surface area is 416 Å². The first kappa shape index (κ1) is 60.1. The molecule has 0 spiro atoms. The lowest BCUT2D eigenvalue weighted by molar-refractivity contribution is -0.386. The molecule has 0 amide bonds. The monoisotopic (exact) mass is 1100 g/mol. The first-order valence-corrected chi connectivity index (χ1v) is 21.9. The van der Waals surface area contributed by atoms with E-state index in [1.807, 2.05) is 0 Å². The fourth-order valence-corrected chi connectivity index (χ4v) is 8.77. The highest BCUT2D eigenvalue weighted by Gasteiger charge is 2.61. The molecule has 6 saturated heterocycles. The van der Waals surface area contributed by atoms with Crippen LogP contribution in [0.2, 0.25) is 0 Å². The maximum Gasteiger partial charge on any atom is 0.335 e. The molecular weight excluding hydrogens is 1050 g/mol. The van der Waals surface area contributed by atoms with Gasteiger partial charge in [-0.1, -0.05) is 0 Å². The van der Waals surface area contributed by atoms with Crippen molar-refractivity contribution in [2.24, 2.45) is 0 Å². The number of aliphatic hydroxyl groups is 12. The average molecular weight is 1100 g/mol. The topological polar surface area (TPSA) is 587 Å². The molecule has 6 rings (SSSR count). The normalized spacial score (nSPS) is 48.6. The molecule has 12 unspecified atom stereocenters. The lowest BCUT2D eigenvalue weighted by Crippen LogP contribution is -2.69. The molecule has 0 aromatic carbocycles. The number of carboxylic acid groups (broad SMARTS) is 6. The Morgan fingerprint density at radius 2 is 0.413 bits per heavy atom. The molecule has 0 aromatic heterocycles. The van der Waals surface area contributed by atoms with Crippen molar-refractivity contribution >= 4 is 35.8 Å². The Morgan fingerprint density at radius 1 is 0.253 bits per heavy atom. The molecule has 37 heteroatoms. The second-order valence-corrected chi connectivity index (χ2v) is 17.4. The van der Waals surface area contributed by atoms with E-state index >= 15 is 0 Å². The summed E-state index contributed by atoms with van der Waals surface area (Å²) in [6.07, 6.45) is -70.9. The molecule has 6 heterocycles. The summed E-state index contributed by atoms with van der Waals surface area (Å²) in [5, 5.41) is 190. The third kappa shape index (κ3) is 12.0. The van der Waals surface area contributed by atoms with Crippen molar-refractivity contribution in [1.82, 2.24) is 0 Å². The zero-order valence-corrected chi connectivity index (χ0v) is 38.1. The van der Waals surface area contributed by atoms with Gasteiger partial charge in [0.1, 0.15) is 110 Å². The van der Waals surface area contributed by atoms with E-state index in [9.17, 15) is 121 Å². The van der Waals surface area contributed by atoms with Crippen molar-refractivity contribution in [3.8, 4) is 0 Å². The molecule has 6 aliphatic heterocycles. The van der Waals surface area contributed by atoms with Gasteiger partial charge < -0.3 is 153 Å². The highest BCUT2D eigenvalue weighted by atomic mass is 16.8. The predicted molar refractivity (Wildman–Crippen MR) is 212 cm³/mol. The number of hydrogen-bond acceptors (Lipinski definition) is 31. The van der Waals surface area contributed by atoms with E-state index in [1.165, 1.54) is 0 Å². The molecular formula is C38H54O37. The molecule has 6 fully saturated rings. The molecule has 0 bridgehead atoms. The van der Waals surface area contributed by atoms with Crippen molar-refractivity contribution in [2.45, 2.75) is 184 Å². The summed E-state index contributed by atoms with van der Waals surface area (Å²) < 4.78 is 67.2. The Hall–Kier alpha value is -4.18. The SMILES string of the molecule is CO[C@H]1O[C@H](C(=O)O)[C@@H](O[C@@H]2OC(C(=O)O)[C@H](O[C@H]3O[C@H](C(=O)O)[C@@H](O[C@@H]4OC(C(=O)O)[C@H](O[C@H]5O[C@@H](C(=O)O)[C@@H](O[C@@H]6OC(C(=O)O)[C@H](OC)[C@@H](O)C6O)C(O)C5O)[C@H](O)C4O)C(O)C3O)[C@@H](O)C2O)C(O)C1O. The summed E-state index contributed by atoms with van der Waals surface area (Å²) in [5.41, 5.74) is 0. The molecule has 75 heavy (non-hydrogen) atoms. The number of methoxy groups -OCH3 is 2. The molecule has 428 valence electrons. The van der Waals surface area contributed by atoms with Crippen molar-refractivity contribution in [1.29, 1.82) is 0 Å². The third-order valence-corrected chi connectivity index (χ3v) is 12.7. The van der Waals surface area contributed by atoms with Gasteiger partial charge >= 0.3 is 35.8 Å². The van der Waals surface area contributed by atoms with Gasteiger partial charge in [0.15, 0.2) is 74.4 Å². The molecule has 0 saturated carbocycles. The van der Waals surface area contributed by atoms with E-state index < -0.39 is 220 Å². The van der Waals surface area contributed by atoms with Gasteiger partial charge in [0.2, 0.25) is 0 Å². The number of carbonyl (C=O) groups is 6. The van der Waals surface area contributed by atoms with Crippen LogP contribution in [-0.4, -0.2) is 326 Å². The zero-order chi connectivity index (χ0) is 56.0. The minimum atomic E-state index is -2.63. The van der Waals surface area contributed by atoms with Crippen LogP contribution in [-0.2, 0) is 90.3 Å². The van der Waals surface area contributed by atoms with Crippen molar-refractivity contribution in [3.63, 3.8) is 0 Å². The van der Waals surface area contributed by atoms with Gasteiger partial charge in [-0.25, -0.2) is 28.8 Å². The van der Waals surface area contributed by atoms with Crippen LogP contribution in [0.25, 0.3) is 0 Å². The standard InChI is InChI=1S/C38H54O37/c1-63-15-3(39)10(46)34(71-21(15)27(51)52)66-17-5(41)12(48)36(73-23(17)29(55)56)68-19-7(43)14(50)38(75-25(19)31(59)60)69-20-8(44)13(49)37(74-26(20)32(61)62)67-18-6(42)11(47)35(72-24(18)30(57)58)65-16-4(40)9(45)33(64-2)70-22(16)28(53)54/h3-26,33-50H,1-2H3,(H,51,52)(H,53,54)(H,55,56)(H,57,58)(H,59,60)(H,61,62)/t3-,4?,5?,6-,7+,8?,9?,10?,11?,12?,13?,14?,15+,16-,17-,18+,19+,20-,21?,22-,23+,24?,25?,26-,33-,34+,35+,36-,37-,38+/m0/s1. The molecule has 0 aliphatic carbocycles. The van der Waals surface area contributed by atoms with Crippen LogP contribution in [0.4, 0.5) is 0 Å². The molecule has 6 aliphatic rings. The summed E-state index contributed by atoms with van der Waals surface area (Å²) >= 11 is 0. The molecule has 18 N–H and O–H groups in total. The van der Waals surface area contributed by atoms with Gasteiger partial charge in [-0.2, -0.15) is 0 Å². The lowest BCUT2D eigenvalue weighted by Gasteiger charge is -2.48. The van der Waals surface area contributed by atoms with Crippen LogP contribution < -0.4 is 0 Å². The van der Waals surface area contributed by atoms with Gasteiger partial charge in [0, 0.05) is 14.2 Å². The van der Waals surface area contributed by atoms with E-state index in [-0.39, 0.29) is 0 Å². The molecule has 0 radical (unpaired) electrons. The fourth-order valence-electron chi connectivity index (χ4n) is 8.77. The summed E-state index contributed by atoms with van der Waals surface area (Å²) in [4.78, 5) is 73.5. The number of ether oxygens (including phenoxy) is 13. The summed E-state index contributed by atoms with van der Waals surface area (Å²) in [7, 11) is 1.94. The van der Waals surface area contributed by atoms with Gasteiger partial charge in [0.25, 0.3) is 0 Å². The predicted octanol–water partition coefficient (Wildman–Crippen LogP) is -12.2. The fraction of sp³-hybridized carbons (Fsp3) is 0.842. The smallest absolute Gasteiger partial charge is 0.335 e. The van der Waals surface area contributed by atoms with Crippen molar-refractivity contribution in [3.05, 3.63) is 0 Å². The number of hydrogen-bond donors (Lipinski definition) is 18. The quantitative estimate of drug-likeness (QED) is 0.0606. The first-order valence-electron chi connectivity index (χ1n) is 21.9. The van der Waals surface area contributed by atoms with E-state index in [1.54, 1.807) is 0 Å². The Morgan fingerprint density at radius 3 is 0.587 bits per heavy atom. The average Bonchev–Trinajstić information content (AvgIpc) is 3.34. The van der Waals surface area contributed by atoms with Gasteiger partial charge in [-0.3, -0.25) is 0 Å². The van der Waals surface area contributed by atoms with E-state index in [0.29, 0.717) is 0 Å². The largest absolute Gasteiger partial charge is 0.479 e. The summed E-state index contributed by atoms with van der Waals surface area (Å²) in [6.45, 7) is 0. The third-order valence-electron chi connectivity index (χ3n) is 12.7. The Kier molecular flexibility index (Phi) is 19.4. The summed E-state index contributed by atoms with van der Waals surface area (Å²) in [5.74, 6) is -11.8. The van der Waals surface area contributed by atoms with Crippen LogP contribution in [0.15, 0.2) is 0 Å². The number of carboxylic acids is 6. The highest BCUT2D eigenvalue weighted by molar-refractivity contribution is 5.76. The van der Waals surface area contributed by atoms with Gasteiger partial charge in [-0.15, -0.1) is 0 Å². The van der Waals surface area contributed by atoms with E-state index in [0.717, 1.165) is 14.2 Å².